The molecule has 2 aliphatic heterocycles. The average molecular weight is 357 g/mol. The van der Waals surface area contributed by atoms with Crippen molar-refractivity contribution in [3.05, 3.63) is 23.3 Å². The number of aliphatic hydroxyl groups is 1. The molecule has 26 heavy (non-hydrogen) atoms. The summed E-state index contributed by atoms with van der Waals surface area (Å²) in [6.45, 7) is 0.971. The largest absolute Gasteiger partial charge is 0.393 e. The lowest BCUT2D eigenvalue weighted by molar-refractivity contribution is -0.136. The summed E-state index contributed by atoms with van der Waals surface area (Å²) in [7, 11) is 0. The van der Waals surface area contributed by atoms with Gasteiger partial charge in [-0.1, -0.05) is 0 Å². The molecule has 0 unspecified atom stereocenters. The molecule has 1 aromatic rings. The predicted molar refractivity (Wildman–Crippen MR) is 95.8 cm³/mol. The number of aryl methyl sites for hydroxylation is 1. The van der Waals surface area contributed by atoms with Crippen LogP contribution in [-0.2, 0) is 27.2 Å². The summed E-state index contributed by atoms with van der Waals surface area (Å²) in [5.41, 5.74) is 3.66. The molecule has 7 nitrogen and oxygen atoms in total. The first-order valence-electron chi connectivity index (χ1n) is 9.26. The standard InChI is InChI=1S/C19H23N3O4/c23-15(11-1-2-11)5-7-20-18(25)19(26)21-14-9-12-3-4-16(24)22-8-6-13(10-14)17(12)22/h9-11,15,23H,1-8H2,(H,20,25)(H,21,26)/t15-/m0/s1. The first-order valence-corrected chi connectivity index (χ1v) is 9.26. The molecule has 0 spiro atoms. The van der Waals surface area contributed by atoms with Crippen molar-refractivity contribution < 1.29 is 19.5 Å². The Hall–Kier alpha value is -2.41. The Morgan fingerprint density at radius 2 is 1.88 bits per heavy atom. The predicted octanol–water partition coefficient (Wildman–Crippen LogP) is 0.738. The average Bonchev–Trinajstić information content (AvgIpc) is 3.38. The van der Waals surface area contributed by atoms with Gasteiger partial charge in [0.2, 0.25) is 5.91 Å². The van der Waals surface area contributed by atoms with Gasteiger partial charge in [0.15, 0.2) is 0 Å². The van der Waals surface area contributed by atoms with Gasteiger partial charge in [-0.2, -0.15) is 0 Å². The molecule has 1 atom stereocenters. The molecule has 0 radical (unpaired) electrons. The lowest BCUT2D eigenvalue weighted by Gasteiger charge is -2.25. The number of hydrogen-bond donors (Lipinski definition) is 3. The maximum absolute atomic E-state index is 12.1. The van der Waals surface area contributed by atoms with Crippen molar-refractivity contribution in [2.24, 2.45) is 5.92 Å². The fraction of sp³-hybridized carbons (Fsp3) is 0.526. The summed E-state index contributed by atoms with van der Waals surface area (Å²) >= 11 is 0. The number of benzene rings is 1. The van der Waals surface area contributed by atoms with Crippen molar-refractivity contribution in [2.75, 3.05) is 23.3 Å². The fourth-order valence-corrected chi connectivity index (χ4v) is 3.85. The number of carbonyl (C=O) groups excluding carboxylic acids is 3. The second kappa shape index (κ2) is 6.72. The molecule has 1 fully saturated rings. The second-order valence-corrected chi connectivity index (χ2v) is 7.34. The van der Waals surface area contributed by atoms with Gasteiger partial charge >= 0.3 is 11.8 Å². The first kappa shape index (κ1) is 17.0. The number of carbonyl (C=O) groups is 3. The molecular weight excluding hydrogens is 334 g/mol. The Bertz CT molecular complexity index is 772. The highest BCUT2D eigenvalue weighted by atomic mass is 16.3. The van der Waals surface area contributed by atoms with E-state index in [0.29, 0.717) is 37.4 Å². The van der Waals surface area contributed by atoms with E-state index in [1.807, 2.05) is 17.0 Å². The highest BCUT2D eigenvalue weighted by Gasteiger charge is 2.32. The molecule has 3 amide bonds. The molecule has 4 rings (SSSR count). The third-order valence-electron chi connectivity index (χ3n) is 5.41. The smallest absolute Gasteiger partial charge is 0.313 e. The van der Waals surface area contributed by atoms with Gasteiger partial charge in [-0.15, -0.1) is 0 Å². The lowest BCUT2D eigenvalue weighted by atomic mass is 9.98. The Kier molecular flexibility index (Phi) is 4.40. The van der Waals surface area contributed by atoms with Crippen molar-refractivity contribution in [3.63, 3.8) is 0 Å². The normalized spacial score (nSPS) is 19.1. The molecule has 138 valence electrons. The van der Waals surface area contributed by atoms with Gasteiger partial charge < -0.3 is 20.6 Å². The van der Waals surface area contributed by atoms with Crippen LogP contribution in [0.4, 0.5) is 11.4 Å². The summed E-state index contributed by atoms with van der Waals surface area (Å²) in [4.78, 5) is 37.8. The van der Waals surface area contributed by atoms with E-state index in [1.54, 1.807) is 0 Å². The summed E-state index contributed by atoms with van der Waals surface area (Å²) < 4.78 is 0. The summed E-state index contributed by atoms with van der Waals surface area (Å²) in [6.07, 6.45) is 4.06. The summed E-state index contributed by atoms with van der Waals surface area (Å²) in [6, 6.07) is 3.70. The number of hydrogen-bond acceptors (Lipinski definition) is 4. The van der Waals surface area contributed by atoms with E-state index in [2.05, 4.69) is 10.6 Å². The van der Waals surface area contributed by atoms with E-state index >= 15 is 0 Å². The van der Waals surface area contributed by atoms with Gasteiger partial charge in [-0.3, -0.25) is 14.4 Å². The van der Waals surface area contributed by atoms with Gasteiger partial charge in [-0.05, 0) is 61.3 Å². The number of rotatable bonds is 5. The van der Waals surface area contributed by atoms with Gasteiger partial charge in [0, 0.05) is 25.2 Å². The Balaban J connectivity index is 1.36. The minimum absolute atomic E-state index is 0.154. The molecule has 1 aliphatic carbocycles. The van der Waals surface area contributed by atoms with E-state index in [-0.39, 0.29) is 12.5 Å². The Morgan fingerprint density at radius 3 is 2.62 bits per heavy atom. The van der Waals surface area contributed by atoms with Crippen molar-refractivity contribution in [1.29, 1.82) is 0 Å². The topological polar surface area (TPSA) is 98.7 Å². The minimum Gasteiger partial charge on any atom is -0.393 e. The van der Waals surface area contributed by atoms with Crippen molar-refractivity contribution in [2.45, 2.75) is 44.6 Å². The van der Waals surface area contributed by atoms with E-state index in [9.17, 15) is 19.5 Å². The fourth-order valence-electron chi connectivity index (χ4n) is 3.85. The number of anilines is 2. The zero-order valence-corrected chi connectivity index (χ0v) is 14.6. The maximum Gasteiger partial charge on any atom is 0.313 e. The molecular formula is C19H23N3O4. The van der Waals surface area contributed by atoms with Crippen LogP contribution in [0.15, 0.2) is 12.1 Å². The van der Waals surface area contributed by atoms with Crippen LogP contribution >= 0.6 is 0 Å². The van der Waals surface area contributed by atoms with Crippen molar-refractivity contribution in [3.8, 4) is 0 Å². The molecule has 0 bridgehead atoms. The third kappa shape index (κ3) is 3.31. The minimum atomic E-state index is -0.709. The molecule has 0 aromatic heterocycles. The van der Waals surface area contributed by atoms with Gasteiger partial charge in [0.1, 0.15) is 0 Å². The van der Waals surface area contributed by atoms with E-state index < -0.39 is 17.9 Å². The molecule has 3 aliphatic rings. The van der Waals surface area contributed by atoms with Crippen LogP contribution in [0, 0.1) is 5.92 Å². The van der Waals surface area contributed by atoms with Crippen LogP contribution in [0.25, 0.3) is 0 Å². The Morgan fingerprint density at radius 1 is 1.15 bits per heavy atom. The lowest BCUT2D eigenvalue weighted by Crippen LogP contribution is -2.37. The van der Waals surface area contributed by atoms with E-state index in [0.717, 1.165) is 36.1 Å². The highest BCUT2D eigenvalue weighted by molar-refractivity contribution is 6.39. The van der Waals surface area contributed by atoms with Crippen LogP contribution in [-0.4, -0.2) is 42.0 Å². The van der Waals surface area contributed by atoms with E-state index in [4.69, 9.17) is 0 Å². The molecule has 0 saturated heterocycles. The van der Waals surface area contributed by atoms with Crippen molar-refractivity contribution in [1.82, 2.24) is 5.32 Å². The zero-order valence-electron chi connectivity index (χ0n) is 14.6. The van der Waals surface area contributed by atoms with E-state index in [1.165, 1.54) is 0 Å². The maximum atomic E-state index is 12.1. The molecule has 2 heterocycles. The second-order valence-electron chi connectivity index (χ2n) is 7.34. The van der Waals surface area contributed by atoms with Gasteiger partial charge in [0.25, 0.3) is 0 Å². The summed E-state index contributed by atoms with van der Waals surface area (Å²) in [5, 5.41) is 15.0. The number of nitrogens with zero attached hydrogens (tertiary/aromatic N) is 1. The molecule has 1 saturated carbocycles. The van der Waals surface area contributed by atoms with Crippen LogP contribution in [0.3, 0.4) is 0 Å². The monoisotopic (exact) mass is 357 g/mol. The van der Waals surface area contributed by atoms with Gasteiger partial charge in [-0.25, -0.2) is 0 Å². The molecule has 1 aromatic carbocycles. The SMILES string of the molecule is O=C(NCC[C@H](O)C1CC1)C(=O)Nc1cc2c3c(c1)CCN3C(=O)CC2. The van der Waals surface area contributed by atoms with Crippen LogP contribution in [0.5, 0.6) is 0 Å². The van der Waals surface area contributed by atoms with Crippen LogP contribution in [0.2, 0.25) is 0 Å². The highest BCUT2D eigenvalue weighted by Crippen LogP contribution is 2.38. The van der Waals surface area contributed by atoms with Gasteiger partial charge in [0.05, 0.1) is 11.8 Å². The molecule has 3 N–H and O–H groups in total. The quantitative estimate of drug-likeness (QED) is 0.677. The molecule has 7 heteroatoms. The van der Waals surface area contributed by atoms with Crippen molar-refractivity contribution >= 4 is 29.1 Å². The third-order valence-corrected chi connectivity index (χ3v) is 5.41. The summed E-state index contributed by atoms with van der Waals surface area (Å²) in [5.74, 6) is -0.893. The number of nitrogens with one attached hydrogen (secondary N) is 2. The number of amides is 3. The first-order chi connectivity index (χ1) is 12.5. The number of aliphatic hydroxyl groups excluding tert-OH is 1. The van der Waals surface area contributed by atoms with Crippen LogP contribution in [0.1, 0.15) is 36.8 Å². The zero-order chi connectivity index (χ0) is 18.3. The van der Waals surface area contributed by atoms with Crippen LogP contribution < -0.4 is 15.5 Å². The Labute approximate surface area is 151 Å².